The zero-order chi connectivity index (χ0) is 26.9. The molecule has 0 spiro atoms. The van der Waals surface area contributed by atoms with Crippen molar-refractivity contribution in [2.45, 2.75) is 81.6 Å². The molecule has 0 aromatic heterocycles. The Balaban J connectivity index is 1.13. The zero-order valence-corrected chi connectivity index (χ0v) is 23.1. The molecule has 1 aromatic rings. The smallest absolute Gasteiger partial charge is 0.251 e. The first kappa shape index (κ1) is 26.7. The Bertz CT molecular complexity index is 1050. The molecule has 0 radical (unpaired) electrons. The topological polar surface area (TPSA) is 94.2 Å². The molecule has 5 fully saturated rings. The summed E-state index contributed by atoms with van der Waals surface area (Å²) in [5.41, 5.74) is 1.70. The SMILES string of the molecule is CN[C@H]1CN(C(=O)[C@@H](NC(=O)c2ccc(N3CCN(C4CCC4)CC3)cc2)C2CCCCC2)[C@@H]2C(=O)CO[C@H]12. The highest BCUT2D eigenvalue weighted by Gasteiger charge is 2.53. The summed E-state index contributed by atoms with van der Waals surface area (Å²) in [5, 5.41) is 6.32. The van der Waals surface area contributed by atoms with E-state index in [4.69, 9.17) is 4.74 Å². The minimum absolute atomic E-state index is 0.0414. The van der Waals surface area contributed by atoms with Gasteiger partial charge in [-0.15, -0.1) is 0 Å². The van der Waals surface area contributed by atoms with Gasteiger partial charge in [-0.1, -0.05) is 25.7 Å². The molecular formula is C30H43N5O4. The van der Waals surface area contributed by atoms with E-state index in [-0.39, 0.29) is 42.3 Å². The maximum Gasteiger partial charge on any atom is 0.251 e. The number of likely N-dealkylation sites (tertiary alicyclic amines) is 1. The second-order valence-electron chi connectivity index (χ2n) is 12.1. The number of carbonyl (C=O) groups is 3. The van der Waals surface area contributed by atoms with Crippen molar-refractivity contribution in [3.8, 4) is 0 Å². The van der Waals surface area contributed by atoms with E-state index in [9.17, 15) is 14.4 Å². The fraction of sp³-hybridized carbons (Fsp3) is 0.700. The van der Waals surface area contributed by atoms with Crippen LogP contribution in [0.4, 0.5) is 5.69 Å². The van der Waals surface area contributed by atoms with Gasteiger partial charge in [0, 0.05) is 50.0 Å². The van der Waals surface area contributed by atoms with Gasteiger partial charge in [0.15, 0.2) is 5.78 Å². The van der Waals surface area contributed by atoms with Crippen molar-refractivity contribution in [2.24, 2.45) is 5.92 Å². The molecule has 0 bridgehead atoms. The van der Waals surface area contributed by atoms with Crippen LogP contribution in [0.2, 0.25) is 0 Å². The first-order chi connectivity index (χ1) is 19.0. The van der Waals surface area contributed by atoms with Crippen LogP contribution in [0.5, 0.6) is 0 Å². The summed E-state index contributed by atoms with van der Waals surface area (Å²) >= 11 is 0. The van der Waals surface area contributed by atoms with Gasteiger partial charge >= 0.3 is 0 Å². The number of ether oxygens (including phenoxy) is 1. The molecule has 3 heterocycles. The van der Waals surface area contributed by atoms with Crippen LogP contribution in [-0.2, 0) is 14.3 Å². The van der Waals surface area contributed by atoms with Crippen molar-refractivity contribution in [3.05, 3.63) is 29.8 Å². The lowest BCUT2D eigenvalue weighted by Crippen LogP contribution is -2.55. The van der Waals surface area contributed by atoms with Crippen LogP contribution in [0.15, 0.2) is 24.3 Å². The number of nitrogens with one attached hydrogen (secondary N) is 2. The minimum atomic E-state index is -0.637. The van der Waals surface area contributed by atoms with Crippen molar-refractivity contribution in [1.29, 1.82) is 0 Å². The Morgan fingerprint density at radius 1 is 0.949 bits per heavy atom. The molecule has 1 aromatic carbocycles. The highest BCUT2D eigenvalue weighted by molar-refractivity contribution is 5.99. The number of hydrogen-bond donors (Lipinski definition) is 2. The minimum Gasteiger partial charge on any atom is -0.369 e. The van der Waals surface area contributed by atoms with Crippen molar-refractivity contribution in [1.82, 2.24) is 20.4 Å². The predicted octanol–water partition coefficient (Wildman–Crippen LogP) is 1.81. The number of fused-ring (bicyclic) bond motifs is 1. The first-order valence-corrected chi connectivity index (χ1v) is 15.1. The van der Waals surface area contributed by atoms with Gasteiger partial charge in [0.1, 0.15) is 24.8 Å². The number of piperazine rings is 1. The van der Waals surface area contributed by atoms with Gasteiger partial charge in [0.2, 0.25) is 5.91 Å². The Morgan fingerprint density at radius 2 is 1.67 bits per heavy atom. The van der Waals surface area contributed by atoms with Crippen LogP contribution >= 0.6 is 0 Å². The summed E-state index contributed by atoms with van der Waals surface area (Å²) in [6.07, 6.45) is 8.81. The van der Waals surface area contributed by atoms with Crippen LogP contribution in [-0.4, -0.2) is 104 Å². The first-order valence-electron chi connectivity index (χ1n) is 15.1. The molecule has 3 saturated heterocycles. The number of Topliss-reactive ketones (excluding diaryl/α,β-unsaturated/α-hetero) is 1. The summed E-state index contributed by atoms with van der Waals surface area (Å²) in [6, 6.07) is 7.31. The van der Waals surface area contributed by atoms with Crippen molar-refractivity contribution >= 4 is 23.3 Å². The van der Waals surface area contributed by atoms with Crippen LogP contribution < -0.4 is 15.5 Å². The van der Waals surface area contributed by atoms with E-state index in [1.807, 2.05) is 31.3 Å². The fourth-order valence-electron chi connectivity index (χ4n) is 7.31. The van der Waals surface area contributed by atoms with E-state index in [2.05, 4.69) is 20.4 Å². The zero-order valence-electron chi connectivity index (χ0n) is 23.1. The molecule has 9 heteroatoms. The summed E-state index contributed by atoms with van der Waals surface area (Å²) in [7, 11) is 1.83. The number of carbonyl (C=O) groups excluding carboxylic acids is 3. The van der Waals surface area contributed by atoms with Gasteiger partial charge in [-0.05, 0) is 62.9 Å². The Morgan fingerprint density at radius 3 is 2.31 bits per heavy atom. The number of benzene rings is 1. The van der Waals surface area contributed by atoms with Crippen molar-refractivity contribution in [2.75, 3.05) is 51.3 Å². The van der Waals surface area contributed by atoms with Gasteiger partial charge in [-0.3, -0.25) is 19.3 Å². The lowest BCUT2D eigenvalue weighted by Gasteiger charge is -2.43. The third-order valence-corrected chi connectivity index (χ3v) is 9.91. The van der Waals surface area contributed by atoms with E-state index in [1.54, 1.807) is 4.90 Å². The molecule has 212 valence electrons. The van der Waals surface area contributed by atoms with Crippen molar-refractivity contribution in [3.63, 3.8) is 0 Å². The van der Waals surface area contributed by atoms with Crippen LogP contribution in [0.1, 0.15) is 61.7 Å². The molecular weight excluding hydrogens is 494 g/mol. The standard InChI is InChI=1S/C30H43N5O4/c1-31-24-18-35(27-25(36)19-39-28(24)27)30(38)26(20-6-3-2-4-7-20)32-29(37)21-10-12-23(13-11-21)34-16-14-33(15-17-34)22-8-5-9-22/h10-13,20,22,24,26-28,31H,2-9,14-19H2,1H3,(H,32,37)/t24-,26-,27+,28+/m0/s1. The molecule has 9 nitrogen and oxygen atoms in total. The summed E-state index contributed by atoms with van der Waals surface area (Å²) in [5.74, 6) is -0.354. The molecule has 5 aliphatic rings. The van der Waals surface area contributed by atoms with E-state index in [1.165, 1.54) is 19.3 Å². The van der Waals surface area contributed by atoms with Gasteiger partial charge in [-0.25, -0.2) is 0 Å². The number of nitrogens with zero attached hydrogens (tertiary/aromatic N) is 3. The molecule has 6 rings (SSSR count). The lowest BCUT2D eigenvalue weighted by atomic mass is 9.83. The summed E-state index contributed by atoms with van der Waals surface area (Å²) < 4.78 is 5.74. The van der Waals surface area contributed by atoms with Gasteiger partial charge in [0.25, 0.3) is 5.91 Å². The van der Waals surface area contributed by atoms with E-state index >= 15 is 0 Å². The Labute approximate surface area is 231 Å². The fourth-order valence-corrected chi connectivity index (χ4v) is 7.31. The normalized spacial score (nSPS) is 29.3. The largest absolute Gasteiger partial charge is 0.369 e. The van der Waals surface area contributed by atoms with E-state index in [0.717, 1.165) is 70.0 Å². The van der Waals surface area contributed by atoms with Crippen LogP contribution in [0.25, 0.3) is 0 Å². The average molecular weight is 538 g/mol. The number of likely N-dealkylation sites (N-methyl/N-ethyl adjacent to an activating group) is 1. The maximum atomic E-state index is 14.0. The lowest BCUT2D eigenvalue weighted by molar-refractivity contribution is -0.139. The quantitative estimate of drug-likeness (QED) is 0.548. The third kappa shape index (κ3) is 5.33. The highest BCUT2D eigenvalue weighted by Crippen LogP contribution is 2.32. The number of rotatable bonds is 7. The second-order valence-corrected chi connectivity index (χ2v) is 12.1. The predicted molar refractivity (Wildman–Crippen MR) is 149 cm³/mol. The molecule has 3 aliphatic heterocycles. The average Bonchev–Trinajstić information content (AvgIpc) is 3.51. The number of hydrogen-bond acceptors (Lipinski definition) is 7. The molecule has 2 saturated carbocycles. The molecule has 39 heavy (non-hydrogen) atoms. The van der Waals surface area contributed by atoms with Gasteiger partial charge in [-0.2, -0.15) is 0 Å². The number of ketones is 1. The van der Waals surface area contributed by atoms with Gasteiger partial charge < -0.3 is 25.2 Å². The van der Waals surface area contributed by atoms with Crippen molar-refractivity contribution < 1.29 is 19.1 Å². The molecule has 2 N–H and O–H groups in total. The van der Waals surface area contributed by atoms with Gasteiger partial charge in [0.05, 0.1) is 6.04 Å². The maximum absolute atomic E-state index is 14.0. The molecule has 0 unspecified atom stereocenters. The molecule has 4 atom stereocenters. The second kappa shape index (κ2) is 11.6. The Hall–Kier alpha value is -2.49. The summed E-state index contributed by atoms with van der Waals surface area (Å²) in [6.45, 7) is 4.66. The van der Waals surface area contributed by atoms with E-state index in [0.29, 0.717) is 12.1 Å². The third-order valence-electron chi connectivity index (χ3n) is 9.91. The molecule has 2 amide bonds. The monoisotopic (exact) mass is 537 g/mol. The van der Waals surface area contributed by atoms with E-state index < -0.39 is 12.1 Å². The Kier molecular flexibility index (Phi) is 7.91. The number of amides is 2. The summed E-state index contributed by atoms with van der Waals surface area (Å²) in [4.78, 5) is 46.8. The van der Waals surface area contributed by atoms with Crippen LogP contribution in [0, 0.1) is 5.92 Å². The van der Waals surface area contributed by atoms with Crippen LogP contribution in [0.3, 0.4) is 0 Å². The molecule has 2 aliphatic carbocycles. The number of anilines is 1. The highest BCUT2D eigenvalue weighted by atomic mass is 16.5.